The van der Waals surface area contributed by atoms with Crippen molar-refractivity contribution in [3.8, 4) is 0 Å². The van der Waals surface area contributed by atoms with E-state index in [1.807, 2.05) is 13.8 Å². The van der Waals surface area contributed by atoms with E-state index in [1.165, 1.54) is 0 Å². The molecule has 0 radical (unpaired) electrons. The van der Waals surface area contributed by atoms with Crippen LogP contribution in [0, 0.1) is 19.8 Å². The smallest absolute Gasteiger partial charge is 0.308 e. The molecule has 0 amide bonds. The summed E-state index contributed by atoms with van der Waals surface area (Å²) < 4.78 is 5.31. The number of carbonyl (C=O) groups is 1. The van der Waals surface area contributed by atoms with Crippen molar-refractivity contribution in [1.29, 1.82) is 0 Å². The first-order valence-electron chi connectivity index (χ1n) is 6.84. The molecular formula is C16H25NO2. The number of ether oxygens (including phenoxy) is 1. The summed E-state index contributed by atoms with van der Waals surface area (Å²) in [7, 11) is 0. The quantitative estimate of drug-likeness (QED) is 0.821. The molecule has 0 fully saturated rings. The highest BCUT2D eigenvalue weighted by Crippen LogP contribution is 2.21. The Morgan fingerprint density at radius 3 is 2.11 bits per heavy atom. The summed E-state index contributed by atoms with van der Waals surface area (Å²) in [4.78, 5) is 11.5. The van der Waals surface area contributed by atoms with Crippen molar-refractivity contribution in [3.05, 3.63) is 28.8 Å². The Bertz CT molecular complexity index is 427. The van der Waals surface area contributed by atoms with Crippen molar-refractivity contribution in [2.24, 2.45) is 5.92 Å². The molecule has 0 spiro atoms. The third-order valence-corrected chi connectivity index (χ3v) is 2.98. The zero-order valence-electron chi connectivity index (χ0n) is 12.8. The summed E-state index contributed by atoms with van der Waals surface area (Å²) in [5.74, 6) is -0.231. The molecule has 1 rings (SSSR count). The maximum atomic E-state index is 11.5. The van der Waals surface area contributed by atoms with Crippen molar-refractivity contribution < 1.29 is 9.53 Å². The van der Waals surface area contributed by atoms with Crippen molar-refractivity contribution in [3.63, 3.8) is 0 Å². The predicted octanol–water partition coefficient (Wildman–Crippen LogP) is 3.82. The highest BCUT2D eigenvalue weighted by atomic mass is 16.5. The van der Waals surface area contributed by atoms with E-state index in [0.29, 0.717) is 12.6 Å². The fourth-order valence-electron chi connectivity index (χ4n) is 1.95. The van der Waals surface area contributed by atoms with Crippen molar-refractivity contribution in [2.45, 2.75) is 54.2 Å². The lowest BCUT2D eigenvalue weighted by Crippen LogP contribution is -2.13. The molecule has 1 aromatic rings. The molecule has 0 unspecified atom stereocenters. The van der Waals surface area contributed by atoms with Crippen LogP contribution in [-0.2, 0) is 16.1 Å². The van der Waals surface area contributed by atoms with Crippen LogP contribution >= 0.6 is 0 Å². The molecule has 0 aliphatic carbocycles. The van der Waals surface area contributed by atoms with Gasteiger partial charge in [0.15, 0.2) is 0 Å². The molecule has 106 valence electrons. The van der Waals surface area contributed by atoms with E-state index in [0.717, 1.165) is 22.4 Å². The third kappa shape index (κ3) is 4.58. The molecule has 3 heteroatoms. The molecule has 0 heterocycles. The zero-order valence-corrected chi connectivity index (χ0v) is 12.8. The van der Waals surface area contributed by atoms with E-state index in [4.69, 9.17) is 4.74 Å². The van der Waals surface area contributed by atoms with Crippen molar-refractivity contribution >= 4 is 11.7 Å². The van der Waals surface area contributed by atoms with E-state index in [9.17, 15) is 4.79 Å². The highest BCUT2D eigenvalue weighted by molar-refractivity contribution is 5.71. The molecule has 0 atom stereocenters. The summed E-state index contributed by atoms with van der Waals surface area (Å²) in [5.41, 5.74) is 4.52. The lowest BCUT2D eigenvalue weighted by Gasteiger charge is -2.16. The summed E-state index contributed by atoms with van der Waals surface area (Å²) in [6.45, 7) is 12.4. The van der Waals surface area contributed by atoms with Gasteiger partial charge in [-0.25, -0.2) is 0 Å². The van der Waals surface area contributed by atoms with Crippen LogP contribution in [0.15, 0.2) is 12.1 Å². The van der Waals surface area contributed by atoms with Gasteiger partial charge in [-0.3, -0.25) is 4.79 Å². The molecule has 3 nitrogen and oxygen atoms in total. The van der Waals surface area contributed by atoms with Gasteiger partial charge in [-0.05, 0) is 56.5 Å². The second-order valence-corrected chi connectivity index (χ2v) is 5.65. The van der Waals surface area contributed by atoms with Gasteiger partial charge < -0.3 is 10.1 Å². The molecule has 0 aromatic heterocycles. The van der Waals surface area contributed by atoms with Crippen LogP contribution in [-0.4, -0.2) is 12.0 Å². The number of benzene rings is 1. The number of carbonyl (C=O) groups excluding carboxylic acids is 1. The molecule has 0 aliphatic rings. The summed E-state index contributed by atoms with van der Waals surface area (Å²) >= 11 is 0. The third-order valence-electron chi connectivity index (χ3n) is 2.98. The van der Waals surface area contributed by atoms with E-state index < -0.39 is 0 Å². The Kier molecular flexibility index (Phi) is 5.40. The lowest BCUT2D eigenvalue weighted by molar-refractivity contribution is -0.148. The topological polar surface area (TPSA) is 38.3 Å². The van der Waals surface area contributed by atoms with Crippen LogP contribution in [0.1, 0.15) is 44.4 Å². The summed E-state index contributed by atoms with van der Waals surface area (Å²) in [5, 5.41) is 3.39. The maximum absolute atomic E-state index is 11.5. The van der Waals surface area contributed by atoms with Crippen LogP contribution < -0.4 is 5.32 Å². The van der Waals surface area contributed by atoms with E-state index in [2.05, 4.69) is 45.1 Å². The van der Waals surface area contributed by atoms with Gasteiger partial charge in [0, 0.05) is 11.7 Å². The fourth-order valence-corrected chi connectivity index (χ4v) is 1.95. The molecule has 0 saturated heterocycles. The van der Waals surface area contributed by atoms with Gasteiger partial charge >= 0.3 is 5.97 Å². The Balaban J connectivity index is 2.82. The second kappa shape index (κ2) is 6.60. The molecular weight excluding hydrogens is 238 g/mol. The number of esters is 1. The number of hydrogen-bond acceptors (Lipinski definition) is 3. The maximum Gasteiger partial charge on any atom is 0.308 e. The van der Waals surface area contributed by atoms with Gasteiger partial charge in [0.25, 0.3) is 0 Å². The first-order valence-corrected chi connectivity index (χ1v) is 6.84. The Labute approximate surface area is 116 Å². The van der Waals surface area contributed by atoms with E-state index >= 15 is 0 Å². The van der Waals surface area contributed by atoms with Crippen LogP contribution in [0.25, 0.3) is 0 Å². The Morgan fingerprint density at radius 2 is 1.68 bits per heavy atom. The normalized spacial score (nSPS) is 10.9. The number of rotatable bonds is 5. The predicted molar refractivity (Wildman–Crippen MR) is 79.3 cm³/mol. The summed E-state index contributed by atoms with van der Waals surface area (Å²) in [6, 6.07) is 4.61. The Hall–Kier alpha value is -1.51. The number of anilines is 1. The average Bonchev–Trinajstić information content (AvgIpc) is 2.26. The van der Waals surface area contributed by atoms with E-state index in [1.54, 1.807) is 0 Å². The van der Waals surface area contributed by atoms with Crippen LogP contribution in [0.4, 0.5) is 5.69 Å². The van der Waals surface area contributed by atoms with Crippen molar-refractivity contribution in [1.82, 2.24) is 0 Å². The number of nitrogens with one attached hydrogen (secondary N) is 1. The van der Waals surface area contributed by atoms with Crippen LogP contribution in [0.5, 0.6) is 0 Å². The largest absolute Gasteiger partial charge is 0.461 e. The average molecular weight is 263 g/mol. The Morgan fingerprint density at radius 1 is 1.16 bits per heavy atom. The minimum Gasteiger partial charge on any atom is -0.461 e. The summed E-state index contributed by atoms with van der Waals surface area (Å²) in [6.07, 6.45) is 0. The molecule has 0 saturated carbocycles. The lowest BCUT2D eigenvalue weighted by atomic mass is 10.0. The minimum absolute atomic E-state index is 0.0810. The zero-order chi connectivity index (χ0) is 14.6. The molecule has 0 bridgehead atoms. The molecule has 1 aromatic carbocycles. The van der Waals surface area contributed by atoms with Gasteiger partial charge in [-0.1, -0.05) is 13.8 Å². The number of aryl methyl sites for hydroxylation is 2. The van der Waals surface area contributed by atoms with Crippen LogP contribution in [0.3, 0.4) is 0 Å². The van der Waals surface area contributed by atoms with E-state index in [-0.39, 0.29) is 11.9 Å². The SMILES string of the molecule is Cc1cc(NC(C)C)cc(C)c1COC(=O)C(C)C. The van der Waals surface area contributed by atoms with Gasteiger partial charge in [0.2, 0.25) is 0 Å². The van der Waals surface area contributed by atoms with Gasteiger partial charge in [-0.15, -0.1) is 0 Å². The fraction of sp³-hybridized carbons (Fsp3) is 0.562. The van der Waals surface area contributed by atoms with Crippen LogP contribution in [0.2, 0.25) is 0 Å². The molecule has 0 aliphatic heterocycles. The monoisotopic (exact) mass is 263 g/mol. The standard InChI is InChI=1S/C16H25NO2/c1-10(2)16(18)19-9-15-12(5)7-14(8-13(15)6)17-11(3)4/h7-8,10-11,17H,9H2,1-6H3. The first-order chi connectivity index (χ1) is 8.81. The van der Waals surface area contributed by atoms with Gasteiger partial charge in [-0.2, -0.15) is 0 Å². The van der Waals surface area contributed by atoms with Crippen molar-refractivity contribution in [2.75, 3.05) is 5.32 Å². The minimum atomic E-state index is -0.150. The molecule has 1 N–H and O–H groups in total. The first kappa shape index (κ1) is 15.5. The number of hydrogen-bond donors (Lipinski definition) is 1. The van der Waals surface area contributed by atoms with Gasteiger partial charge in [0.05, 0.1) is 5.92 Å². The highest BCUT2D eigenvalue weighted by Gasteiger charge is 2.11. The molecule has 19 heavy (non-hydrogen) atoms. The second-order valence-electron chi connectivity index (χ2n) is 5.65. The van der Waals surface area contributed by atoms with Gasteiger partial charge in [0.1, 0.15) is 6.61 Å².